The van der Waals surface area contributed by atoms with Crippen LogP contribution in [0.3, 0.4) is 0 Å². The number of anilines is 2. The minimum absolute atomic E-state index is 0.0732. The van der Waals surface area contributed by atoms with Crippen molar-refractivity contribution >= 4 is 33.2 Å². The molecule has 2 rings (SSSR count). The van der Waals surface area contributed by atoms with Crippen LogP contribution in [0.1, 0.15) is 5.56 Å². The average Bonchev–Trinajstić information content (AvgIpc) is 2.43. The second-order valence-corrected chi connectivity index (χ2v) is 5.20. The number of rotatable bonds is 4. The fraction of sp³-hybridized carbons (Fsp3) is 0.133. The Hall–Kier alpha value is -1.88. The molecule has 0 atom stereocenters. The first kappa shape index (κ1) is 14.5. The van der Waals surface area contributed by atoms with Crippen molar-refractivity contribution in [2.24, 2.45) is 0 Å². The van der Waals surface area contributed by atoms with Gasteiger partial charge in [-0.1, -0.05) is 34.1 Å². The zero-order valence-corrected chi connectivity index (χ0v) is 12.5. The maximum absolute atomic E-state index is 13.4. The number of amides is 1. The molecule has 0 bridgehead atoms. The number of halogens is 2. The Balaban J connectivity index is 1.92. The van der Waals surface area contributed by atoms with Crippen LogP contribution in [0, 0.1) is 12.7 Å². The molecule has 0 aliphatic heterocycles. The van der Waals surface area contributed by atoms with Crippen LogP contribution in [0.25, 0.3) is 0 Å². The lowest BCUT2D eigenvalue weighted by atomic mass is 10.2. The highest BCUT2D eigenvalue weighted by Gasteiger charge is 2.06. The fourth-order valence-corrected chi connectivity index (χ4v) is 2.02. The zero-order chi connectivity index (χ0) is 14.5. The summed E-state index contributed by atoms with van der Waals surface area (Å²) in [5.41, 5.74) is 2.13. The van der Waals surface area contributed by atoms with Gasteiger partial charge in [0.2, 0.25) is 5.91 Å². The van der Waals surface area contributed by atoms with Crippen LogP contribution in [0.15, 0.2) is 46.9 Å². The lowest BCUT2D eigenvalue weighted by Crippen LogP contribution is -2.22. The third-order valence-electron chi connectivity index (χ3n) is 2.77. The third-order valence-corrected chi connectivity index (χ3v) is 3.63. The largest absolute Gasteiger partial charge is 0.376 e. The molecule has 104 valence electrons. The van der Waals surface area contributed by atoms with Gasteiger partial charge in [0.15, 0.2) is 0 Å². The highest BCUT2D eigenvalue weighted by atomic mass is 79.9. The SMILES string of the molecule is Cc1ccc(NCC(=O)Nc2ccccc2F)cc1Br. The second kappa shape index (κ2) is 6.52. The maximum Gasteiger partial charge on any atom is 0.243 e. The molecule has 0 aromatic heterocycles. The normalized spacial score (nSPS) is 10.2. The first-order valence-electron chi connectivity index (χ1n) is 6.10. The minimum Gasteiger partial charge on any atom is -0.376 e. The van der Waals surface area contributed by atoms with E-state index < -0.39 is 5.82 Å². The van der Waals surface area contributed by atoms with Gasteiger partial charge in [0, 0.05) is 10.2 Å². The van der Waals surface area contributed by atoms with Gasteiger partial charge in [-0.25, -0.2) is 4.39 Å². The van der Waals surface area contributed by atoms with Gasteiger partial charge in [0.05, 0.1) is 12.2 Å². The van der Waals surface area contributed by atoms with Crippen molar-refractivity contribution in [2.45, 2.75) is 6.92 Å². The quantitative estimate of drug-likeness (QED) is 0.887. The predicted octanol–water partition coefficient (Wildman–Crippen LogP) is 3.95. The molecule has 0 radical (unpaired) electrons. The summed E-state index contributed by atoms with van der Waals surface area (Å²) in [6.07, 6.45) is 0. The highest BCUT2D eigenvalue weighted by molar-refractivity contribution is 9.10. The molecule has 1 amide bonds. The summed E-state index contributed by atoms with van der Waals surface area (Å²) >= 11 is 3.43. The van der Waals surface area contributed by atoms with Gasteiger partial charge in [0.1, 0.15) is 5.82 Å². The topological polar surface area (TPSA) is 41.1 Å². The number of aryl methyl sites for hydroxylation is 1. The van der Waals surface area contributed by atoms with Crippen molar-refractivity contribution in [3.63, 3.8) is 0 Å². The first-order chi connectivity index (χ1) is 9.56. The van der Waals surface area contributed by atoms with Crippen LogP contribution in [-0.4, -0.2) is 12.5 Å². The van der Waals surface area contributed by atoms with Gasteiger partial charge in [0.25, 0.3) is 0 Å². The van der Waals surface area contributed by atoms with Gasteiger partial charge in [-0.05, 0) is 36.8 Å². The van der Waals surface area contributed by atoms with Crippen molar-refractivity contribution in [3.05, 3.63) is 58.3 Å². The van der Waals surface area contributed by atoms with E-state index in [-0.39, 0.29) is 18.1 Å². The molecule has 0 fully saturated rings. The molecule has 0 saturated heterocycles. The van der Waals surface area contributed by atoms with Gasteiger partial charge < -0.3 is 10.6 Å². The van der Waals surface area contributed by atoms with Crippen molar-refractivity contribution in [3.8, 4) is 0 Å². The predicted molar refractivity (Wildman–Crippen MR) is 82.4 cm³/mol. The van der Waals surface area contributed by atoms with E-state index in [1.807, 2.05) is 25.1 Å². The van der Waals surface area contributed by atoms with E-state index in [0.29, 0.717) is 0 Å². The van der Waals surface area contributed by atoms with Crippen LogP contribution in [0.5, 0.6) is 0 Å². The van der Waals surface area contributed by atoms with E-state index in [2.05, 4.69) is 26.6 Å². The molecule has 2 aromatic rings. The molecule has 0 spiro atoms. The van der Waals surface area contributed by atoms with Gasteiger partial charge in [-0.2, -0.15) is 0 Å². The summed E-state index contributed by atoms with van der Waals surface area (Å²) in [4.78, 5) is 11.7. The molecule has 0 heterocycles. The van der Waals surface area contributed by atoms with Crippen LogP contribution in [-0.2, 0) is 4.79 Å². The number of hydrogen-bond donors (Lipinski definition) is 2. The number of para-hydroxylation sites is 1. The Kier molecular flexibility index (Phi) is 4.74. The summed E-state index contributed by atoms with van der Waals surface area (Å²) < 4.78 is 14.3. The molecule has 0 aliphatic carbocycles. The summed E-state index contributed by atoms with van der Waals surface area (Å²) in [7, 11) is 0. The van der Waals surface area contributed by atoms with Crippen LogP contribution >= 0.6 is 15.9 Å². The van der Waals surface area contributed by atoms with Crippen molar-refractivity contribution < 1.29 is 9.18 Å². The monoisotopic (exact) mass is 336 g/mol. The molecule has 3 nitrogen and oxygen atoms in total. The molecule has 2 N–H and O–H groups in total. The number of hydrogen-bond acceptors (Lipinski definition) is 2. The molecule has 2 aromatic carbocycles. The standard InChI is InChI=1S/C15H14BrFN2O/c1-10-6-7-11(8-12(10)16)18-9-15(20)19-14-5-3-2-4-13(14)17/h2-8,18H,9H2,1H3,(H,19,20). The first-order valence-corrected chi connectivity index (χ1v) is 6.90. The lowest BCUT2D eigenvalue weighted by Gasteiger charge is -2.09. The minimum atomic E-state index is -0.445. The zero-order valence-electron chi connectivity index (χ0n) is 10.9. The summed E-state index contributed by atoms with van der Waals surface area (Å²) in [6.45, 7) is 2.06. The summed E-state index contributed by atoms with van der Waals surface area (Å²) in [5.74, 6) is -0.745. The smallest absolute Gasteiger partial charge is 0.243 e. The lowest BCUT2D eigenvalue weighted by molar-refractivity contribution is -0.114. The van der Waals surface area contributed by atoms with E-state index in [0.717, 1.165) is 15.7 Å². The van der Waals surface area contributed by atoms with Crippen molar-refractivity contribution in [1.82, 2.24) is 0 Å². The molecule has 5 heteroatoms. The fourth-order valence-electron chi connectivity index (χ4n) is 1.64. The number of benzene rings is 2. The molecular formula is C15H14BrFN2O. The van der Waals surface area contributed by atoms with Crippen LogP contribution < -0.4 is 10.6 Å². The summed E-state index contributed by atoms with van der Waals surface area (Å²) in [5, 5.41) is 5.51. The number of carbonyl (C=O) groups is 1. The van der Waals surface area contributed by atoms with Gasteiger partial charge >= 0.3 is 0 Å². The highest BCUT2D eigenvalue weighted by Crippen LogP contribution is 2.20. The Morgan fingerprint density at radius 2 is 2.00 bits per heavy atom. The third kappa shape index (κ3) is 3.81. The summed E-state index contributed by atoms with van der Waals surface area (Å²) in [6, 6.07) is 11.8. The van der Waals surface area contributed by atoms with Crippen molar-refractivity contribution in [1.29, 1.82) is 0 Å². The van der Waals surface area contributed by atoms with Crippen LogP contribution in [0.2, 0.25) is 0 Å². The Morgan fingerprint density at radius 3 is 2.70 bits per heavy atom. The Bertz CT molecular complexity index is 631. The van der Waals surface area contributed by atoms with Gasteiger partial charge in [-0.3, -0.25) is 4.79 Å². The van der Waals surface area contributed by atoms with E-state index in [1.165, 1.54) is 12.1 Å². The van der Waals surface area contributed by atoms with Gasteiger partial charge in [-0.15, -0.1) is 0 Å². The molecule has 0 unspecified atom stereocenters. The Labute approximate surface area is 125 Å². The second-order valence-electron chi connectivity index (χ2n) is 4.35. The van der Waals surface area contributed by atoms with E-state index in [4.69, 9.17) is 0 Å². The number of nitrogens with one attached hydrogen (secondary N) is 2. The van der Waals surface area contributed by atoms with Crippen LogP contribution in [0.4, 0.5) is 15.8 Å². The number of carbonyl (C=O) groups excluding carboxylic acids is 1. The Morgan fingerprint density at radius 1 is 1.25 bits per heavy atom. The van der Waals surface area contributed by atoms with E-state index in [9.17, 15) is 9.18 Å². The van der Waals surface area contributed by atoms with E-state index in [1.54, 1.807) is 12.1 Å². The average molecular weight is 337 g/mol. The molecular weight excluding hydrogens is 323 g/mol. The molecule has 20 heavy (non-hydrogen) atoms. The molecule has 0 aliphatic rings. The van der Waals surface area contributed by atoms with E-state index >= 15 is 0 Å². The van der Waals surface area contributed by atoms with Crippen molar-refractivity contribution in [2.75, 3.05) is 17.2 Å². The maximum atomic E-state index is 13.4. The molecule has 0 saturated carbocycles.